The summed E-state index contributed by atoms with van der Waals surface area (Å²) in [6.07, 6.45) is 0. The van der Waals surface area contributed by atoms with E-state index in [0.717, 1.165) is 0 Å². The molecule has 0 fully saturated rings. The summed E-state index contributed by atoms with van der Waals surface area (Å²) in [7, 11) is 0. The highest BCUT2D eigenvalue weighted by molar-refractivity contribution is 6.42. The van der Waals surface area contributed by atoms with Gasteiger partial charge in [-0.05, 0) is 12.1 Å². The molecule has 0 amide bonds. The number of phenolic OH excluding ortho intramolecular Hbond substituents is 1. The molecule has 0 radical (unpaired) electrons. The zero-order chi connectivity index (χ0) is 9.56. The zero-order valence-corrected chi connectivity index (χ0v) is 8.92. The van der Waals surface area contributed by atoms with Crippen LogP contribution in [0.2, 0.25) is 10.0 Å². The van der Waals surface area contributed by atoms with E-state index in [1.165, 1.54) is 6.07 Å². The van der Waals surface area contributed by atoms with Gasteiger partial charge in [0.1, 0.15) is 10.8 Å². The average Bonchev–Trinajstić information content (AvgIpc) is 2.02. The van der Waals surface area contributed by atoms with E-state index >= 15 is 0 Å². The fraction of sp³-hybridized carbons (Fsp3) is 0.143. The van der Waals surface area contributed by atoms with Gasteiger partial charge in [0.25, 0.3) is 0 Å². The molecule has 12 heavy (non-hydrogen) atoms. The third-order valence-electron chi connectivity index (χ3n) is 0.931. The number of aromatic hydroxyl groups is 1. The van der Waals surface area contributed by atoms with E-state index in [1.807, 2.05) is 0 Å². The van der Waals surface area contributed by atoms with Crippen LogP contribution < -0.4 is 0 Å². The number of benzene rings is 1. The molecule has 1 nitrogen and oxygen atoms in total. The number of rotatable bonds is 0. The fourth-order valence-corrected chi connectivity index (χ4v) is 0.788. The Bertz CT molecular complexity index is 219. The van der Waals surface area contributed by atoms with Crippen molar-refractivity contribution in [1.29, 1.82) is 0 Å². The van der Waals surface area contributed by atoms with Gasteiger partial charge in [0.2, 0.25) is 0 Å². The molecule has 1 rings (SSSR count). The SMILES string of the molecule is ClCCl.Oc1cccc(Cl)c1Cl. The lowest BCUT2D eigenvalue weighted by molar-refractivity contribution is 0.475. The Morgan fingerprint density at radius 3 is 2.00 bits per heavy atom. The third-order valence-corrected chi connectivity index (χ3v) is 1.74. The second-order valence-electron chi connectivity index (χ2n) is 1.67. The molecule has 0 heterocycles. The Hall–Kier alpha value is 0.180. The van der Waals surface area contributed by atoms with Gasteiger partial charge in [-0.3, -0.25) is 0 Å². The summed E-state index contributed by atoms with van der Waals surface area (Å²) >= 11 is 20.5. The summed E-state index contributed by atoms with van der Waals surface area (Å²) in [6, 6.07) is 4.72. The van der Waals surface area contributed by atoms with Crippen LogP contribution in [-0.2, 0) is 0 Å². The summed E-state index contributed by atoms with van der Waals surface area (Å²) in [6.45, 7) is 0. The maximum atomic E-state index is 8.88. The average molecular weight is 248 g/mol. The Kier molecular flexibility index (Phi) is 6.77. The predicted octanol–water partition coefficient (Wildman–Crippen LogP) is 4.12. The lowest BCUT2D eigenvalue weighted by atomic mass is 10.3. The second kappa shape index (κ2) is 6.67. The molecular formula is C7H6Cl4O. The van der Waals surface area contributed by atoms with Crippen LogP contribution in [0, 0.1) is 0 Å². The van der Waals surface area contributed by atoms with Crippen LogP contribution in [0.4, 0.5) is 0 Å². The van der Waals surface area contributed by atoms with Crippen LogP contribution in [0.5, 0.6) is 5.75 Å². The smallest absolute Gasteiger partial charge is 0.135 e. The molecule has 1 N–H and O–H groups in total. The highest BCUT2D eigenvalue weighted by atomic mass is 35.5. The molecule has 0 aliphatic rings. The first kappa shape index (κ1) is 12.2. The van der Waals surface area contributed by atoms with Crippen molar-refractivity contribution in [3.8, 4) is 5.75 Å². The van der Waals surface area contributed by atoms with Crippen molar-refractivity contribution in [2.75, 3.05) is 5.34 Å². The van der Waals surface area contributed by atoms with Crippen LogP contribution in [0.25, 0.3) is 0 Å². The van der Waals surface area contributed by atoms with E-state index in [9.17, 15) is 0 Å². The molecule has 0 aliphatic carbocycles. The second-order valence-corrected chi connectivity index (χ2v) is 3.27. The molecule has 0 spiro atoms. The first-order chi connectivity index (χ1) is 5.63. The summed E-state index contributed by atoms with van der Waals surface area (Å²) in [5, 5.41) is 9.66. The number of hydrogen-bond acceptors (Lipinski definition) is 1. The number of hydrogen-bond donors (Lipinski definition) is 1. The van der Waals surface area contributed by atoms with Crippen molar-refractivity contribution >= 4 is 46.4 Å². The maximum Gasteiger partial charge on any atom is 0.135 e. The van der Waals surface area contributed by atoms with E-state index in [-0.39, 0.29) is 16.1 Å². The van der Waals surface area contributed by atoms with Crippen LogP contribution >= 0.6 is 46.4 Å². The molecule has 0 saturated heterocycles. The molecule has 0 bridgehead atoms. The van der Waals surface area contributed by atoms with Gasteiger partial charge >= 0.3 is 0 Å². The third kappa shape index (κ3) is 4.27. The Morgan fingerprint density at radius 1 is 1.17 bits per heavy atom. The summed E-state index contributed by atoms with van der Waals surface area (Å²) in [4.78, 5) is 0. The van der Waals surface area contributed by atoms with Gasteiger partial charge in [-0.15, -0.1) is 23.2 Å². The minimum Gasteiger partial charge on any atom is -0.506 e. The number of alkyl halides is 2. The Balaban J connectivity index is 0.000000354. The van der Waals surface area contributed by atoms with E-state index in [4.69, 9.17) is 51.5 Å². The van der Waals surface area contributed by atoms with Crippen LogP contribution in [0.15, 0.2) is 18.2 Å². The summed E-state index contributed by atoms with van der Waals surface area (Å²) in [5.74, 6) is 0.0177. The molecule has 5 heteroatoms. The lowest BCUT2D eigenvalue weighted by Gasteiger charge is -1.95. The van der Waals surface area contributed by atoms with Crippen molar-refractivity contribution < 1.29 is 5.11 Å². The first-order valence-electron chi connectivity index (χ1n) is 2.88. The van der Waals surface area contributed by atoms with E-state index < -0.39 is 0 Å². The molecule has 0 aromatic heterocycles. The quantitative estimate of drug-likeness (QED) is 0.684. The van der Waals surface area contributed by atoms with Gasteiger partial charge in [0.05, 0.1) is 10.4 Å². The van der Waals surface area contributed by atoms with Crippen LogP contribution in [0.1, 0.15) is 0 Å². The van der Waals surface area contributed by atoms with Crippen molar-refractivity contribution in [3.63, 3.8) is 0 Å². The normalized spacial score (nSPS) is 8.67. The Morgan fingerprint density at radius 2 is 1.67 bits per heavy atom. The topological polar surface area (TPSA) is 20.2 Å². The zero-order valence-electron chi connectivity index (χ0n) is 5.90. The van der Waals surface area contributed by atoms with Crippen molar-refractivity contribution in [1.82, 2.24) is 0 Å². The summed E-state index contributed by atoms with van der Waals surface area (Å²) in [5.41, 5.74) is 0. The van der Waals surface area contributed by atoms with Crippen molar-refractivity contribution in [2.45, 2.75) is 0 Å². The van der Waals surface area contributed by atoms with E-state index in [1.54, 1.807) is 12.1 Å². The van der Waals surface area contributed by atoms with E-state index in [2.05, 4.69) is 0 Å². The molecule has 1 aromatic carbocycles. The van der Waals surface area contributed by atoms with Gasteiger partial charge in [0, 0.05) is 0 Å². The lowest BCUT2D eigenvalue weighted by Crippen LogP contribution is -1.67. The van der Waals surface area contributed by atoms with Crippen LogP contribution in [0.3, 0.4) is 0 Å². The molecule has 0 aliphatic heterocycles. The predicted molar refractivity (Wildman–Crippen MR) is 54.7 cm³/mol. The summed E-state index contributed by atoms with van der Waals surface area (Å²) < 4.78 is 0. The molecule has 0 atom stereocenters. The van der Waals surface area contributed by atoms with Gasteiger partial charge < -0.3 is 5.11 Å². The van der Waals surface area contributed by atoms with Gasteiger partial charge in [0.15, 0.2) is 0 Å². The number of halogens is 4. The molecule has 0 unspecified atom stereocenters. The minimum atomic E-state index is 0.0177. The van der Waals surface area contributed by atoms with Crippen molar-refractivity contribution in [2.24, 2.45) is 0 Å². The first-order valence-corrected chi connectivity index (χ1v) is 4.71. The van der Waals surface area contributed by atoms with E-state index in [0.29, 0.717) is 5.02 Å². The minimum absolute atomic E-state index is 0.0177. The Labute approximate surface area is 90.8 Å². The van der Waals surface area contributed by atoms with Gasteiger partial charge in [-0.2, -0.15) is 0 Å². The standard InChI is InChI=1S/C6H4Cl2O.CH2Cl2/c7-4-2-1-3-5(9)6(4)8;2-1-3/h1-3,9H;1H2. The molecule has 68 valence electrons. The molecular weight excluding hydrogens is 242 g/mol. The molecule has 0 saturated carbocycles. The fourth-order valence-electron chi connectivity index (χ4n) is 0.492. The van der Waals surface area contributed by atoms with Gasteiger partial charge in [-0.25, -0.2) is 0 Å². The maximum absolute atomic E-state index is 8.88. The van der Waals surface area contributed by atoms with Gasteiger partial charge in [-0.1, -0.05) is 29.3 Å². The number of phenols is 1. The monoisotopic (exact) mass is 246 g/mol. The highest BCUT2D eigenvalue weighted by Crippen LogP contribution is 2.29. The van der Waals surface area contributed by atoms with Crippen LogP contribution in [-0.4, -0.2) is 10.4 Å². The largest absolute Gasteiger partial charge is 0.506 e. The van der Waals surface area contributed by atoms with Crippen molar-refractivity contribution in [3.05, 3.63) is 28.2 Å². The molecule has 1 aromatic rings. The highest BCUT2D eigenvalue weighted by Gasteiger charge is 1.99.